The number of amides is 1. The van der Waals surface area contributed by atoms with Gasteiger partial charge in [-0.25, -0.2) is 0 Å². The number of nitrogens with zero attached hydrogens (tertiary/aromatic N) is 1. The van der Waals surface area contributed by atoms with Crippen LogP contribution in [0, 0.1) is 5.92 Å². The Balaban J connectivity index is 1.42. The smallest absolute Gasteiger partial charge is 0.226 e. The SMILES string of the molecule is O=C(Cc1ccc(CO)cc1)N1CCC(C(O)CCc2ccccc2)CC1. The van der Waals surface area contributed by atoms with Crippen molar-refractivity contribution < 1.29 is 15.0 Å². The number of aliphatic hydroxyl groups is 2. The van der Waals surface area contributed by atoms with Gasteiger partial charge in [0.15, 0.2) is 0 Å². The minimum atomic E-state index is -0.298. The van der Waals surface area contributed by atoms with Crippen LogP contribution in [0.1, 0.15) is 36.0 Å². The molecule has 0 aliphatic carbocycles. The van der Waals surface area contributed by atoms with Gasteiger partial charge in [-0.1, -0.05) is 54.6 Å². The predicted octanol–water partition coefficient (Wildman–Crippen LogP) is 2.95. The van der Waals surface area contributed by atoms with Crippen LogP contribution in [0.5, 0.6) is 0 Å². The number of likely N-dealkylation sites (tertiary alicyclic amines) is 1. The van der Waals surface area contributed by atoms with Crippen LogP contribution >= 0.6 is 0 Å². The molecule has 0 spiro atoms. The molecule has 1 atom stereocenters. The van der Waals surface area contributed by atoms with E-state index in [-0.39, 0.29) is 24.5 Å². The van der Waals surface area contributed by atoms with E-state index in [0.29, 0.717) is 6.42 Å². The van der Waals surface area contributed by atoms with Crippen molar-refractivity contribution in [1.29, 1.82) is 0 Å². The van der Waals surface area contributed by atoms with Crippen LogP contribution in [-0.4, -0.2) is 40.2 Å². The predicted molar refractivity (Wildman–Crippen MR) is 106 cm³/mol. The molecule has 0 radical (unpaired) electrons. The average Bonchev–Trinajstić information content (AvgIpc) is 2.73. The summed E-state index contributed by atoms with van der Waals surface area (Å²) in [6.45, 7) is 1.47. The van der Waals surface area contributed by atoms with E-state index < -0.39 is 0 Å². The highest BCUT2D eigenvalue weighted by Crippen LogP contribution is 2.24. The van der Waals surface area contributed by atoms with E-state index in [1.807, 2.05) is 47.4 Å². The molecule has 27 heavy (non-hydrogen) atoms. The summed E-state index contributed by atoms with van der Waals surface area (Å²) >= 11 is 0. The van der Waals surface area contributed by atoms with Gasteiger partial charge in [0.05, 0.1) is 19.1 Å². The molecule has 1 aliphatic heterocycles. The number of rotatable bonds is 7. The molecule has 4 heteroatoms. The molecule has 1 saturated heterocycles. The Hall–Kier alpha value is -2.17. The van der Waals surface area contributed by atoms with E-state index in [2.05, 4.69) is 12.1 Å². The number of hydrogen-bond acceptors (Lipinski definition) is 3. The molecule has 1 unspecified atom stereocenters. The molecule has 144 valence electrons. The third-order valence-corrected chi connectivity index (χ3v) is 5.57. The lowest BCUT2D eigenvalue weighted by molar-refractivity contribution is -0.132. The van der Waals surface area contributed by atoms with Crippen LogP contribution in [0.3, 0.4) is 0 Å². The minimum Gasteiger partial charge on any atom is -0.393 e. The molecule has 2 aromatic carbocycles. The van der Waals surface area contributed by atoms with Gasteiger partial charge in [0.25, 0.3) is 0 Å². The molecule has 0 aromatic heterocycles. The first-order valence-corrected chi connectivity index (χ1v) is 9.84. The summed E-state index contributed by atoms with van der Waals surface area (Å²) in [6, 6.07) is 17.8. The second kappa shape index (κ2) is 9.67. The van der Waals surface area contributed by atoms with Gasteiger partial charge in [0.1, 0.15) is 0 Å². The quantitative estimate of drug-likeness (QED) is 0.791. The number of benzene rings is 2. The fraction of sp³-hybridized carbons (Fsp3) is 0.435. The maximum absolute atomic E-state index is 12.5. The monoisotopic (exact) mass is 367 g/mol. The zero-order chi connectivity index (χ0) is 19.1. The molecule has 4 nitrogen and oxygen atoms in total. The summed E-state index contributed by atoms with van der Waals surface area (Å²) in [6.07, 6.45) is 3.50. The Bertz CT molecular complexity index is 706. The van der Waals surface area contributed by atoms with Crippen molar-refractivity contribution in [2.75, 3.05) is 13.1 Å². The largest absolute Gasteiger partial charge is 0.393 e. The normalized spacial score (nSPS) is 16.3. The molecule has 1 fully saturated rings. The average molecular weight is 367 g/mol. The van der Waals surface area contributed by atoms with Crippen LogP contribution < -0.4 is 0 Å². The van der Waals surface area contributed by atoms with Crippen LogP contribution in [0.4, 0.5) is 0 Å². The van der Waals surface area contributed by atoms with Gasteiger partial charge in [-0.15, -0.1) is 0 Å². The molecular weight excluding hydrogens is 338 g/mol. The summed E-state index contributed by atoms with van der Waals surface area (Å²) in [5, 5.41) is 19.6. The summed E-state index contributed by atoms with van der Waals surface area (Å²) in [7, 11) is 0. The Morgan fingerprint density at radius 2 is 1.59 bits per heavy atom. The number of carbonyl (C=O) groups is 1. The third-order valence-electron chi connectivity index (χ3n) is 5.57. The zero-order valence-corrected chi connectivity index (χ0v) is 15.8. The minimum absolute atomic E-state index is 0.0222. The maximum Gasteiger partial charge on any atom is 0.226 e. The highest BCUT2D eigenvalue weighted by atomic mass is 16.3. The fourth-order valence-electron chi connectivity index (χ4n) is 3.78. The van der Waals surface area contributed by atoms with Gasteiger partial charge in [-0.2, -0.15) is 0 Å². The van der Waals surface area contributed by atoms with Crippen LogP contribution in [0.25, 0.3) is 0 Å². The van der Waals surface area contributed by atoms with Crippen molar-refractivity contribution >= 4 is 5.91 Å². The summed E-state index contributed by atoms with van der Waals surface area (Å²) in [4.78, 5) is 14.4. The lowest BCUT2D eigenvalue weighted by Gasteiger charge is -2.34. The fourth-order valence-corrected chi connectivity index (χ4v) is 3.78. The van der Waals surface area contributed by atoms with Gasteiger partial charge in [0.2, 0.25) is 5.91 Å². The number of hydrogen-bond donors (Lipinski definition) is 2. The van der Waals surface area contributed by atoms with E-state index in [0.717, 1.165) is 49.9 Å². The second-order valence-corrected chi connectivity index (χ2v) is 7.46. The molecule has 0 bridgehead atoms. The highest BCUT2D eigenvalue weighted by molar-refractivity contribution is 5.78. The van der Waals surface area contributed by atoms with E-state index in [1.165, 1.54) is 5.56 Å². The summed E-state index contributed by atoms with van der Waals surface area (Å²) in [5.74, 6) is 0.422. The van der Waals surface area contributed by atoms with Crippen molar-refractivity contribution in [3.05, 3.63) is 71.3 Å². The molecule has 3 rings (SSSR count). The summed E-state index contributed by atoms with van der Waals surface area (Å²) in [5.41, 5.74) is 3.09. The van der Waals surface area contributed by atoms with Crippen molar-refractivity contribution in [3.8, 4) is 0 Å². The second-order valence-electron chi connectivity index (χ2n) is 7.46. The Morgan fingerprint density at radius 3 is 2.22 bits per heavy atom. The zero-order valence-electron chi connectivity index (χ0n) is 15.8. The van der Waals surface area contributed by atoms with Gasteiger partial charge in [0, 0.05) is 13.1 Å². The van der Waals surface area contributed by atoms with Crippen molar-refractivity contribution in [3.63, 3.8) is 0 Å². The van der Waals surface area contributed by atoms with E-state index >= 15 is 0 Å². The first-order valence-electron chi connectivity index (χ1n) is 9.84. The Morgan fingerprint density at radius 1 is 0.963 bits per heavy atom. The Kier molecular flexibility index (Phi) is 7.02. The van der Waals surface area contributed by atoms with Gasteiger partial charge in [-0.05, 0) is 48.3 Å². The van der Waals surface area contributed by atoms with Crippen molar-refractivity contribution in [2.45, 2.75) is 44.8 Å². The standard InChI is InChI=1S/C23H29NO3/c25-17-20-8-6-19(7-9-20)16-23(27)24-14-12-21(13-15-24)22(26)11-10-18-4-2-1-3-5-18/h1-9,21-22,25-26H,10-17H2. The van der Waals surface area contributed by atoms with Crippen molar-refractivity contribution in [1.82, 2.24) is 4.90 Å². The van der Waals surface area contributed by atoms with Gasteiger partial charge in [-0.3, -0.25) is 4.79 Å². The molecule has 0 saturated carbocycles. The Labute approximate surface area is 161 Å². The van der Waals surface area contributed by atoms with Crippen LogP contribution in [-0.2, 0) is 24.2 Å². The number of aliphatic hydroxyl groups excluding tert-OH is 2. The number of piperidine rings is 1. The van der Waals surface area contributed by atoms with Crippen molar-refractivity contribution in [2.24, 2.45) is 5.92 Å². The third kappa shape index (κ3) is 5.65. The first-order chi connectivity index (χ1) is 13.2. The molecule has 1 amide bonds. The highest BCUT2D eigenvalue weighted by Gasteiger charge is 2.27. The van der Waals surface area contributed by atoms with Gasteiger partial charge < -0.3 is 15.1 Å². The maximum atomic E-state index is 12.5. The molecule has 1 aliphatic rings. The van der Waals surface area contributed by atoms with E-state index in [1.54, 1.807) is 0 Å². The molecular formula is C23H29NO3. The van der Waals surface area contributed by atoms with Crippen LogP contribution in [0.2, 0.25) is 0 Å². The number of aryl methyl sites for hydroxylation is 1. The van der Waals surface area contributed by atoms with E-state index in [4.69, 9.17) is 5.11 Å². The lowest BCUT2D eigenvalue weighted by atomic mass is 9.88. The molecule has 2 N–H and O–H groups in total. The lowest BCUT2D eigenvalue weighted by Crippen LogP contribution is -2.42. The van der Waals surface area contributed by atoms with Gasteiger partial charge >= 0.3 is 0 Å². The van der Waals surface area contributed by atoms with Crippen LogP contribution in [0.15, 0.2) is 54.6 Å². The summed E-state index contributed by atoms with van der Waals surface area (Å²) < 4.78 is 0. The number of carbonyl (C=O) groups excluding carboxylic acids is 1. The molecule has 2 aromatic rings. The molecule has 1 heterocycles. The topological polar surface area (TPSA) is 60.8 Å². The first kappa shape index (κ1) is 19.6. The van der Waals surface area contributed by atoms with E-state index in [9.17, 15) is 9.90 Å².